The van der Waals surface area contributed by atoms with Gasteiger partial charge in [0.05, 0.1) is 12.3 Å². The second-order valence-corrected chi connectivity index (χ2v) is 6.15. The molecule has 3 heteroatoms. The Hall–Kier alpha value is -0.800. The molecule has 0 bridgehead atoms. The van der Waals surface area contributed by atoms with Crippen molar-refractivity contribution < 1.29 is 4.42 Å². The fraction of sp³-hybridized carbons (Fsp3) is 0.765. The largest absolute Gasteiger partial charge is 0.468 e. The predicted octanol–water partition coefficient (Wildman–Crippen LogP) is 3.96. The Morgan fingerprint density at radius 3 is 2.85 bits per heavy atom. The smallest absolute Gasteiger partial charge is 0.122 e. The van der Waals surface area contributed by atoms with E-state index in [1.54, 1.807) is 6.26 Å². The zero-order valence-corrected chi connectivity index (χ0v) is 13.1. The lowest BCUT2D eigenvalue weighted by Crippen LogP contribution is -2.41. The molecule has 2 N–H and O–H groups in total. The number of likely N-dealkylation sites (tertiary alicyclic amines) is 1. The van der Waals surface area contributed by atoms with E-state index < -0.39 is 0 Å². The van der Waals surface area contributed by atoms with Crippen molar-refractivity contribution in [3.63, 3.8) is 0 Å². The first-order valence-electron chi connectivity index (χ1n) is 8.29. The van der Waals surface area contributed by atoms with Crippen LogP contribution >= 0.6 is 0 Å². The van der Waals surface area contributed by atoms with Gasteiger partial charge in [-0.1, -0.05) is 26.7 Å². The van der Waals surface area contributed by atoms with Gasteiger partial charge >= 0.3 is 0 Å². The van der Waals surface area contributed by atoms with Crippen LogP contribution in [0.4, 0.5) is 0 Å². The van der Waals surface area contributed by atoms with Gasteiger partial charge < -0.3 is 10.2 Å². The van der Waals surface area contributed by atoms with Crippen molar-refractivity contribution in [2.24, 2.45) is 11.7 Å². The fourth-order valence-corrected chi connectivity index (χ4v) is 3.51. The highest BCUT2D eigenvalue weighted by Gasteiger charge is 2.29. The summed E-state index contributed by atoms with van der Waals surface area (Å²) in [6.07, 6.45) is 9.40. The summed E-state index contributed by atoms with van der Waals surface area (Å²) >= 11 is 0. The number of hydrogen-bond acceptors (Lipinski definition) is 3. The van der Waals surface area contributed by atoms with Crippen LogP contribution in [-0.4, -0.2) is 24.0 Å². The lowest BCUT2D eigenvalue weighted by molar-refractivity contribution is 0.151. The van der Waals surface area contributed by atoms with Crippen molar-refractivity contribution in [3.05, 3.63) is 24.2 Å². The van der Waals surface area contributed by atoms with E-state index in [4.69, 9.17) is 10.2 Å². The van der Waals surface area contributed by atoms with Crippen molar-refractivity contribution in [3.8, 4) is 0 Å². The zero-order chi connectivity index (χ0) is 14.4. The lowest BCUT2D eigenvalue weighted by Gasteiger charge is -2.33. The molecule has 3 unspecified atom stereocenters. The maximum atomic E-state index is 6.38. The molecule has 3 atom stereocenters. The van der Waals surface area contributed by atoms with Gasteiger partial charge in [0.25, 0.3) is 0 Å². The third kappa shape index (κ3) is 3.86. The van der Waals surface area contributed by atoms with Gasteiger partial charge in [0.1, 0.15) is 5.76 Å². The molecule has 0 radical (unpaired) electrons. The Morgan fingerprint density at radius 1 is 1.35 bits per heavy atom. The van der Waals surface area contributed by atoms with Gasteiger partial charge in [-0.25, -0.2) is 0 Å². The Balaban J connectivity index is 2.05. The molecule has 0 spiro atoms. The molecule has 20 heavy (non-hydrogen) atoms. The average Bonchev–Trinajstić information content (AvgIpc) is 2.88. The van der Waals surface area contributed by atoms with E-state index in [1.807, 2.05) is 6.07 Å². The van der Waals surface area contributed by atoms with E-state index in [0.717, 1.165) is 31.2 Å². The molecule has 2 rings (SSSR count). The summed E-state index contributed by atoms with van der Waals surface area (Å²) in [6, 6.07) is 4.45. The van der Waals surface area contributed by atoms with Gasteiger partial charge in [0, 0.05) is 6.04 Å². The number of nitrogens with zero attached hydrogens (tertiary/aromatic N) is 1. The molecule has 1 fully saturated rings. The standard InChI is InChI=1S/C17H30N2O/c1-3-7-14-8-5-11-19(12-10-14)17(15(18)4-2)16-9-6-13-20-16/h6,9,13-15,17H,3-5,7-8,10-12,18H2,1-2H3. The summed E-state index contributed by atoms with van der Waals surface area (Å²) in [5.41, 5.74) is 6.38. The summed E-state index contributed by atoms with van der Waals surface area (Å²) in [5, 5.41) is 0. The first-order valence-corrected chi connectivity index (χ1v) is 8.29. The second-order valence-electron chi connectivity index (χ2n) is 6.15. The van der Waals surface area contributed by atoms with Crippen LogP contribution in [0.5, 0.6) is 0 Å². The van der Waals surface area contributed by atoms with Gasteiger partial charge in [-0.3, -0.25) is 4.90 Å². The Labute approximate surface area is 123 Å². The molecule has 1 aliphatic heterocycles. The molecule has 1 saturated heterocycles. The van der Waals surface area contributed by atoms with Crippen LogP contribution < -0.4 is 5.73 Å². The van der Waals surface area contributed by atoms with E-state index in [-0.39, 0.29) is 12.1 Å². The first kappa shape index (κ1) is 15.6. The van der Waals surface area contributed by atoms with Crippen LogP contribution in [0.15, 0.2) is 22.8 Å². The Bertz CT molecular complexity index is 363. The van der Waals surface area contributed by atoms with Crippen LogP contribution in [0, 0.1) is 5.92 Å². The van der Waals surface area contributed by atoms with Gasteiger partial charge in [0.2, 0.25) is 0 Å². The Kier molecular flexibility index (Phi) is 6.11. The molecule has 3 nitrogen and oxygen atoms in total. The van der Waals surface area contributed by atoms with Crippen LogP contribution in [-0.2, 0) is 0 Å². The molecular weight excluding hydrogens is 248 g/mol. The van der Waals surface area contributed by atoms with Gasteiger partial charge in [-0.05, 0) is 56.8 Å². The minimum Gasteiger partial charge on any atom is -0.468 e. The zero-order valence-electron chi connectivity index (χ0n) is 13.1. The lowest BCUT2D eigenvalue weighted by atomic mass is 9.96. The number of rotatable bonds is 6. The highest BCUT2D eigenvalue weighted by molar-refractivity contribution is 5.08. The predicted molar refractivity (Wildman–Crippen MR) is 83.5 cm³/mol. The first-order chi connectivity index (χ1) is 9.76. The Morgan fingerprint density at radius 2 is 2.20 bits per heavy atom. The molecule has 0 amide bonds. The van der Waals surface area contributed by atoms with Crippen LogP contribution in [0.3, 0.4) is 0 Å². The molecule has 0 aromatic carbocycles. The van der Waals surface area contributed by atoms with Crippen LogP contribution in [0.25, 0.3) is 0 Å². The highest BCUT2D eigenvalue weighted by atomic mass is 16.3. The van der Waals surface area contributed by atoms with Crippen LogP contribution in [0.1, 0.15) is 64.2 Å². The minimum atomic E-state index is 0.156. The van der Waals surface area contributed by atoms with E-state index in [2.05, 4.69) is 24.8 Å². The maximum absolute atomic E-state index is 6.38. The summed E-state index contributed by atoms with van der Waals surface area (Å²) < 4.78 is 5.67. The second kappa shape index (κ2) is 7.84. The quantitative estimate of drug-likeness (QED) is 0.856. The summed E-state index contributed by atoms with van der Waals surface area (Å²) in [6.45, 7) is 6.77. The molecule has 1 aliphatic rings. The van der Waals surface area contributed by atoms with Gasteiger partial charge in [-0.2, -0.15) is 0 Å². The molecule has 1 aromatic heterocycles. The van der Waals surface area contributed by atoms with Gasteiger partial charge in [-0.15, -0.1) is 0 Å². The van der Waals surface area contributed by atoms with E-state index in [0.29, 0.717) is 0 Å². The average molecular weight is 278 g/mol. The van der Waals surface area contributed by atoms with Crippen LogP contribution in [0.2, 0.25) is 0 Å². The monoisotopic (exact) mass is 278 g/mol. The van der Waals surface area contributed by atoms with Crippen molar-refractivity contribution in [1.82, 2.24) is 4.90 Å². The number of nitrogens with two attached hydrogens (primary N) is 1. The van der Waals surface area contributed by atoms with E-state index in [9.17, 15) is 0 Å². The molecular formula is C17H30N2O. The maximum Gasteiger partial charge on any atom is 0.122 e. The third-order valence-electron chi connectivity index (χ3n) is 4.68. The van der Waals surface area contributed by atoms with E-state index in [1.165, 1.54) is 32.1 Å². The number of furan rings is 1. The fourth-order valence-electron chi connectivity index (χ4n) is 3.51. The number of hydrogen-bond donors (Lipinski definition) is 1. The summed E-state index contributed by atoms with van der Waals surface area (Å²) in [4.78, 5) is 2.56. The third-order valence-corrected chi connectivity index (χ3v) is 4.68. The van der Waals surface area contributed by atoms with Crippen molar-refractivity contribution in [1.29, 1.82) is 0 Å². The van der Waals surface area contributed by atoms with Crippen molar-refractivity contribution in [2.75, 3.05) is 13.1 Å². The van der Waals surface area contributed by atoms with Crippen molar-refractivity contribution >= 4 is 0 Å². The summed E-state index contributed by atoms with van der Waals surface area (Å²) in [5.74, 6) is 1.94. The highest BCUT2D eigenvalue weighted by Crippen LogP contribution is 2.30. The SMILES string of the molecule is CCCC1CCCN(C(c2ccco2)C(N)CC)CC1. The molecule has 0 saturated carbocycles. The van der Waals surface area contributed by atoms with Crippen molar-refractivity contribution in [2.45, 2.75) is 64.5 Å². The van der Waals surface area contributed by atoms with Gasteiger partial charge in [0.15, 0.2) is 0 Å². The normalized spacial score (nSPS) is 24.2. The topological polar surface area (TPSA) is 42.4 Å². The summed E-state index contributed by atoms with van der Waals surface area (Å²) in [7, 11) is 0. The molecule has 114 valence electrons. The molecule has 0 aliphatic carbocycles. The molecule has 1 aromatic rings. The molecule has 2 heterocycles. The van der Waals surface area contributed by atoms with E-state index >= 15 is 0 Å². The minimum absolute atomic E-state index is 0.156.